The second kappa shape index (κ2) is 6.23. The van der Waals surface area contributed by atoms with Crippen molar-refractivity contribution in [1.82, 2.24) is 5.32 Å². The minimum absolute atomic E-state index is 0. The summed E-state index contributed by atoms with van der Waals surface area (Å²) in [6.45, 7) is 4.31. The molecule has 0 spiro atoms. The Balaban J connectivity index is 0.00000128. The summed E-state index contributed by atoms with van der Waals surface area (Å²) >= 11 is 0. The van der Waals surface area contributed by atoms with Crippen molar-refractivity contribution in [3.05, 3.63) is 0 Å². The van der Waals surface area contributed by atoms with E-state index in [2.05, 4.69) is 12.2 Å². The van der Waals surface area contributed by atoms with Gasteiger partial charge in [-0.15, -0.1) is 12.4 Å². The topological polar surface area (TPSA) is 38.0 Å². The van der Waals surface area contributed by atoms with Crippen molar-refractivity contribution in [1.29, 1.82) is 0 Å². The van der Waals surface area contributed by atoms with Crippen LogP contribution >= 0.6 is 12.4 Å². The van der Waals surface area contributed by atoms with E-state index in [0.717, 1.165) is 18.4 Å². The molecule has 3 N–H and O–H groups in total. The number of hydrogen-bond donors (Lipinski definition) is 2. The summed E-state index contributed by atoms with van der Waals surface area (Å²) in [4.78, 5) is 0. The van der Waals surface area contributed by atoms with Crippen LogP contribution in [0.2, 0.25) is 0 Å². The zero-order chi connectivity index (χ0) is 10.7. The summed E-state index contributed by atoms with van der Waals surface area (Å²) in [6.07, 6.45) is 9.95. The Hall–Kier alpha value is 0.210. The quantitative estimate of drug-likeness (QED) is 0.783. The number of halogens is 1. The zero-order valence-electron chi connectivity index (χ0n) is 10.5. The van der Waals surface area contributed by atoms with Crippen molar-refractivity contribution in [3.8, 4) is 0 Å². The van der Waals surface area contributed by atoms with E-state index < -0.39 is 0 Å². The third-order valence-corrected chi connectivity index (χ3v) is 4.42. The van der Waals surface area contributed by atoms with Crippen LogP contribution in [0.3, 0.4) is 0 Å². The lowest BCUT2D eigenvalue weighted by Gasteiger charge is -2.33. The summed E-state index contributed by atoms with van der Waals surface area (Å²) in [6, 6.07) is 0. The highest BCUT2D eigenvalue weighted by Crippen LogP contribution is 2.39. The van der Waals surface area contributed by atoms with E-state index >= 15 is 0 Å². The van der Waals surface area contributed by atoms with Gasteiger partial charge in [0.1, 0.15) is 0 Å². The highest BCUT2D eigenvalue weighted by molar-refractivity contribution is 5.85. The molecule has 0 heterocycles. The van der Waals surface area contributed by atoms with E-state index in [1.807, 2.05) is 0 Å². The van der Waals surface area contributed by atoms with E-state index in [-0.39, 0.29) is 17.9 Å². The van der Waals surface area contributed by atoms with Crippen LogP contribution in [0.15, 0.2) is 0 Å². The average molecular weight is 247 g/mol. The molecule has 0 bridgehead atoms. The van der Waals surface area contributed by atoms with Crippen LogP contribution in [0.25, 0.3) is 0 Å². The molecule has 2 aliphatic carbocycles. The van der Waals surface area contributed by atoms with Gasteiger partial charge in [-0.2, -0.15) is 0 Å². The average Bonchev–Trinajstić information content (AvgIpc) is 3.11. The van der Waals surface area contributed by atoms with Crippen LogP contribution in [0.4, 0.5) is 0 Å². The maximum Gasteiger partial charge on any atom is 0.0304 e. The molecule has 2 aliphatic rings. The van der Waals surface area contributed by atoms with E-state index in [0.29, 0.717) is 0 Å². The Morgan fingerprint density at radius 1 is 1.12 bits per heavy atom. The van der Waals surface area contributed by atoms with Crippen molar-refractivity contribution in [2.75, 3.05) is 13.1 Å². The van der Waals surface area contributed by atoms with E-state index in [1.54, 1.807) is 0 Å². The van der Waals surface area contributed by atoms with Gasteiger partial charge >= 0.3 is 0 Å². The van der Waals surface area contributed by atoms with Crippen molar-refractivity contribution >= 4 is 12.4 Å². The molecule has 0 aromatic rings. The van der Waals surface area contributed by atoms with Gasteiger partial charge in [0, 0.05) is 12.1 Å². The summed E-state index contributed by atoms with van der Waals surface area (Å²) in [7, 11) is 0. The molecule has 96 valence electrons. The van der Waals surface area contributed by atoms with E-state index in [1.165, 1.54) is 51.5 Å². The first kappa shape index (κ1) is 14.3. The largest absolute Gasteiger partial charge is 0.329 e. The first-order chi connectivity index (χ1) is 7.24. The third-order valence-electron chi connectivity index (χ3n) is 4.42. The molecule has 2 rings (SSSR count). The molecule has 0 aromatic carbocycles. The summed E-state index contributed by atoms with van der Waals surface area (Å²) in [5.41, 5.74) is 6.13. The van der Waals surface area contributed by atoms with Crippen LogP contribution in [-0.4, -0.2) is 18.6 Å². The fourth-order valence-corrected chi connectivity index (χ4v) is 2.87. The number of nitrogens with one attached hydrogen (secondary N) is 1. The van der Waals surface area contributed by atoms with Crippen molar-refractivity contribution < 1.29 is 0 Å². The van der Waals surface area contributed by atoms with Gasteiger partial charge in [0.05, 0.1) is 0 Å². The summed E-state index contributed by atoms with van der Waals surface area (Å²) in [5.74, 6) is 1.77. The Labute approximate surface area is 106 Å². The molecule has 1 atom stereocenters. The normalized spacial score (nSPS) is 25.9. The first-order valence-electron chi connectivity index (χ1n) is 6.70. The van der Waals surface area contributed by atoms with Gasteiger partial charge in [-0.25, -0.2) is 0 Å². The minimum atomic E-state index is 0. The highest BCUT2D eigenvalue weighted by Gasteiger charge is 2.40. The number of hydrogen-bond acceptors (Lipinski definition) is 2. The lowest BCUT2D eigenvalue weighted by molar-refractivity contribution is 0.263. The molecule has 2 saturated carbocycles. The molecule has 0 aliphatic heterocycles. The second-order valence-corrected chi connectivity index (χ2v) is 5.78. The van der Waals surface area contributed by atoms with Crippen LogP contribution in [0, 0.1) is 11.8 Å². The zero-order valence-corrected chi connectivity index (χ0v) is 11.3. The number of nitrogens with two attached hydrogens (primary N) is 1. The predicted molar refractivity (Wildman–Crippen MR) is 72.0 cm³/mol. The van der Waals surface area contributed by atoms with Crippen molar-refractivity contribution in [2.24, 2.45) is 17.6 Å². The molecule has 16 heavy (non-hydrogen) atoms. The van der Waals surface area contributed by atoms with Crippen LogP contribution < -0.4 is 11.1 Å². The lowest BCUT2D eigenvalue weighted by Crippen LogP contribution is -2.52. The van der Waals surface area contributed by atoms with Gasteiger partial charge in [0.25, 0.3) is 0 Å². The maximum atomic E-state index is 5.90. The Kier molecular flexibility index (Phi) is 5.55. The predicted octanol–water partition coefficient (Wildman–Crippen LogP) is 2.71. The van der Waals surface area contributed by atoms with Crippen LogP contribution in [0.1, 0.15) is 51.9 Å². The lowest BCUT2D eigenvalue weighted by atomic mass is 9.87. The molecular weight excluding hydrogens is 220 g/mol. The van der Waals surface area contributed by atoms with Crippen molar-refractivity contribution in [3.63, 3.8) is 0 Å². The molecule has 2 nitrogen and oxygen atoms in total. The van der Waals surface area contributed by atoms with Gasteiger partial charge in [-0.1, -0.05) is 19.3 Å². The van der Waals surface area contributed by atoms with Gasteiger partial charge in [0.15, 0.2) is 0 Å². The molecule has 3 heteroatoms. The summed E-state index contributed by atoms with van der Waals surface area (Å²) < 4.78 is 0. The minimum Gasteiger partial charge on any atom is -0.329 e. The SMILES string of the molecule is CC(CN)(NCC1CCCCC1)C1CC1.Cl. The first-order valence-corrected chi connectivity index (χ1v) is 6.70. The smallest absolute Gasteiger partial charge is 0.0304 e. The van der Waals surface area contributed by atoms with Gasteiger partial charge in [0.2, 0.25) is 0 Å². The molecule has 0 radical (unpaired) electrons. The Bertz CT molecular complexity index is 200. The van der Waals surface area contributed by atoms with Crippen molar-refractivity contribution in [2.45, 2.75) is 57.4 Å². The monoisotopic (exact) mass is 246 g/mol. The fourth-order valence-electron chi connectivity index (χ4n) is 2.87. The molecular formula is C13H27ClN2. The summed E-state index contributed by atoms with van der Waals surface area (Å²) in [5, 5.41) is 3.75. The van der Waals surface area contributed by atoms with E-state index in [9.17, 15) is 0 Å². The second-order valence-electron chi connectivity index (χ2n) is 5.78. The van der Waals surface area contributed by atoms with Gasteiger partial charge < -0.3 is 11.1 Å². The highest BCUT2D eigenvalue weighted by atomic mass is 35.5. The van der Waals surface area contributed by atoms with Crippen LogP contribution in [0.5, 0.6) is 0 Å². The fraction of sp³-hybridized carbons (Fsp3) is 1.00. The van der Waals surface area contributed by atoms with E-state index in [4.69, 9.17) is 5.73 Å². The third kappa shape index (κ3) is 3.61. The standard InChI is InChI=1S/C13H26N2.ClH/c1-13(10-14,12-7-8-12)15-9-11-5-3-2-4-6-11;/h11-12,15H,2-10,14H2,1H3;1H. The Morgan fingerprint density at radius 2 is 1.75 bits per heavy atom. The Morgan fingerprint density at radius 3 is 2.25 bits per heavy atom. The molecule has 2 fully saturated rings. The molecule has 0 aromatic heterocycles. The number of rotatable bonds is 5. The molecule has 0 saturated heterocycles. The van der Waals surface area contributed by atoms with Gasteiger partial charge in [-0.3, -0.25) is 0 Å². The van der Waals surface area contributed by atoms with Gasteiger partial charge in [-0.05, 0) is 51.0 Å². The van der Waals surface area contributed by atoms with Crippen LogP contribution in [-0.2, 0) is 0 Å². The molecule has 0 amide bonds. The molecule has 1 unspecified atom stereocenters. The maximum absolute atomic E-state index is 5.90.